The predicted octanol–water partition coefficient (Wildman–Crippen LogP) is 5.97. The van der Waals surface area contributed by atoms with Crippen LogP contribution in [0.15, 0.2) is 24.3 Å². The molecule has 0 saturated carbocycles. The van der Waals surface area contributed by atoms with Crippen LogP contribution >= 0.6 is 0 Å². The van der Waals surface area contributed by atoms with Gasteiger partial charge in [0.2, 0.25) is 0 Å². The molecule has 0 unspecified atom stereocenters. The normalized spacial score (nSPS) is 11.5. The van der Waals surface area contributed by atoms with E-state index in [-0.39, 0.29) is 5.97 Å². The van der Waals surface area contributed by atoms with Gasteiger partial charge in [0.25, 0.3) is 0 Å². The highest BCUT2D eigenvalue weighted by Crippen LogP contribution is 2.06. The van der Waals surface area contributed by atoms with E-state index in [4.69, 9.17) is 0 Å². The molecular weight excluding hydrogens is 260 g/mol. The SMILES string of the molecule is CCCCCC/C=C\CC/C=C\CCCCCC(=O)OC. The van der Waals surface area contributed by atoms with E-state index in [1.54, 1.807) is 0 Å². The molecule has 0 rings (SSSR count). The van der Waals surface area contributed by atoms with Gasteiger partial charge in [-0.05, 0) is 44.9 Å². The summed E-state index contributed by atoms with van der Waals surface area (Å²) >= 11 is 0. The van der Waals surface area contributed by atoms with Gasteiger partial charge in [0.15, 0.2) is 0 Å². The van der Waals surface area contributed by atoms with Gasteiger partial charge in [-0.3, -0.25) is 4.79 Å². The molecule has 0 aromatic rings. The van der Waals surface area contributed by atoms with E-state index in [2.05, 4.69) is 36.0 Å². The molecule has 0 N–H and O–H groups in total. The number of carbonyl (C=O) groups is 1. The van der Waals surface area contributed by atoms with Crippen molar-refractivity contribution in [3.05, 3.63) is 24.3 Å². The third-order valence-electron chi connectivity index (χ3n) is 3.54. The number of carbonyl (C=O) groups excluding carboxylic acids is 1. The molecule has 0 spiro atoms. The molecule has 0 amide bonds. The lowest BCUT2D eigenvalue weighted by Crippen LogP contribution is -1.98. The Morgan fingerprint density at radius 1 is 0.762 bits per heavy atom. The molecule has 0 aliphatic heterocycles. The summed E-state index contributed by atoms with van der Waals surface area (Å²) in [6.07, 6.45) is 23.0. The number of hydrogen-bond acceptors (Lipinski definition) is 2. The van der Waals surface area contributed by atoms with Crippen LogP contribution in [-0.2, 0) is 9.53 Å². The van der Waals surface area contributed by atoms with Crippen molar-refractivity contribution >= 4 is 5.97 Å². The monoisotopic (exact) mass is 294 g/mol. The van der Waals surface area contributed by atoms with Crippen molar-refractivity contribution in [2.24, 2.45) is 0 Å². The standard InChI is InChI=1S/C19H34O2/c1-3-4-5-6-7-8-9-10-11-12-13-14-15-16-17-18-19(20)21-2/h8-9,12-13H,3-7,10-11,14-18H2,1-2H3/b9-8-,13-12-. The van der Waals surface area contributed by atoms with Crippen molar-refractivity contribution in [2.45, 2.75) is 84.0 Å². The Labute approximate surface area is 131 Å². The molecule has 0 atom stereocenters. The number of rotatable bonds is 14. The van der Waals surface area contributed by atoms with Crippen molar-refractivity contribution in [2.75, 3.05) is 7.11 Å². The molecule has 2 nitrogen and oxygen atoms in total. The molecule has 0 fully saturated rings. The second-order valence-corrected chi connectivity index (χ2v) is 5.54. The summed E-state index contributed by atoms with van der Waals surface area (Å²) in [5, 5.41) is 0. The molecule has 2 heteroatoms. The van der Waals surface area contributed by atoms with Gasteiger partial charge in [0.05, 0.1) is 7.11 Å². The van der Waals surface area contributed by atoms with E-state index in [0.29, 0.717) is 6.42 Å². The largest absolute Gasteiger partial charge is 0.469 e. The predicted molar refractivity (Wildman–Crippen MR) is 91.4 cm³/mol. The zero-order chi connectivity index (χ0) is 15.6. The number of ether oxygens (including phenoxy) is 1. The van der Waals surface area contributed by atoms with Crippen LogP contribution in [0.5, 0.6) is 0 Å². The Morgan fingerprint density at radius 2 is 1.29 bits per heavy atom. The zero-order valence-corrected chi connectivity index (χ0v) is 14.1. The van der Waals surface area contributed by atoms with E-state index >= 15 is 0 Å². The summed E-state index contributed by atoms with van der Waals surface area (Å²) in [5.41, 5.74) is 0. The third kappa shape index (κ3) is 16.9. The van der Waals surface area contributed by atoms with Crippen LogP contribution in [-0.4, -0.2) is 13.1 Å². The average molecular weight is 294 g/mol. The molecule has 0 saturated heterocycles. The topological polar surface area (TPSA) is 26.3 Å². The molecule has 0 aromatic carbocycles. The first-order valence-corrected chi connectivity index (χ1v) is 8.68. The quantitative estimate of drug-likeness (QED) is 0.224. The summed E-state index contributed by atoms with van der Waals surface area (Å²) in [5.74, 6) is -0.0907. The van der Waals surface area contributed by atoms with Crippen molar-refractivity contribution in [1.82, 2.24) is 0 Å². The van der Waals surface area contributed by atoms with Gasteiger partial charge < -0.3 is 4.74 Å². The van der Waals surface area contributed by atoms with Crippen LogP contribution in [0.25, 0.3) is 0 Å². The Morgan fingerprint density at radius 3 is 1.81 bits per heavy atom. The Kier molecular flexibility index (Phi) is 16.2. The molecule has 21 heavy (non-hydrogen) atoms. The minimum atomic E-state index is -0.0907. The first-order valence-electron chi connectivity index (χ1n) is 8.68. The van der Waals surface area contributed by atoms with Crippen LogP contribution in [0.4, 0.5) is 0 Å². The zero-order valence-electron chi connectivity index (χ0n) is 14.1. The maximum absolute atomic E-state index is 10.9. The van der Waals surface area contributed by atoms with Crippen LogP contribution in [0.1, 0.15) is 84.0 Å². The molecular formula is C19H34O2. The van der Waals surface area contributed by atoms with Crippen LogP contribution in [0, 0.1) is 0 Å². The van der Waals surface area contributed by atoms with Crippen molar-refractivity contribution in [3.63, 3.8) is 0 Å². The van der Waals surface area contributed by atoms with E-state index in [1.807, 2.05) is 0 Å². The smallest absolute Gasteiger partial charge is 0.305 e. The Balaban J connectivity index is 3.22. The second-order valence-electron chi connectivity index (χ2n) is 5.54. The first kappa shape index (κ1) is 19.9. The lowest BCUT2D eigenvalue weighted by Gasteiger charge is -1.98. The lowest BCUT2D eigenvalue weighted by atomic mass is 10.1. The maximum Gasteiger partial charge on any atom is 0.305 e. The van der Waals surface area contributed by atoms with Crippen molar-refractivity contribution < 1.29 is 9.53 Å². The fourth-order valence-corrected chi connectivity index (χ4v) is 2.16. The van der Waals surface area contributed by atoms with Gasteiger partial charge in [0.1, 0.15) is 0 Å². The summed E-state index contributed by atoms with van der Waals surface area (Å²) in [4.78, 5) is 10.9. The van der Waals surface area contributed by atoms with Crippen LogP contribution in [0.2, 0.25) is 0 Å². The molecule has 0 radical (unpaired) electrons. The highest BCUT2D eigenvalue weighted by molar-refractivity contribution is 5.68. The molecule has 0 heterocycles. The van der Waals surface area contributed by atoms with Crippen molar-refractivity contribution in [3.8, 4) is 0 Å². The van der Waals surface area contributed by atoms with Gasteiger partial charge in [-0.25, -0.2) is 0 Å². The average Bonchev–Trinajstić information content (AvgIpc) is 2.50. The summed E-state index contributed by atoms with van der Waals surface area (Å²) < 4.78 is 4.61. The molecule has 0 aliphatic carbocycles. The second kappa shape index (κ2) is 17.0. The number of unbranched alkanes of at least 4 members (excludes halogenated alkanes) is 8. The van der Waals surface area contributed by atoms with Gasteiger partial charge in [0, 0.05) is 6.42 Å². The fraction of sp³-hybridized carbons (Fsp3) is 0.737. The molecule has 0 aromatic heterocycles. The summed E-state index contributed by atoms with van der Waals surface area (Å²) in [6, 6.07) is 0. The van der Waals surface area contributed by atoms with Gasteiger partial charge >= 0.3 is 5.97 Å². The lowest BCUT2D eigenvalue weighted by molar-refractivity contribution is -0.140. The Hall–Kier alpha value is -1.05. The minimum absolute atomic E-state index is 0.0907. The van der Waals surface area contributed by atoms with Crippen molar-refractivity contribution in [1.29, 1.82) is 0 Å². The van der Waals surface area contributed by atoms with E-state index < -0.39 is 0 Å². The number of allylic oxidation sites excluding steroid dienone is 4. The van der Waals surface area contributed by atoms with E-state index in [9.17, 15) is 4.79 Å². The van der Waals surface area contributed by atoms with Crippen LogP contribution in [0.3, 0.4) is 0 Å². The molecule has 0 bridgehead atoms. The van der Waals surface area contributed by atoms with Gasteiger partial charge in [-0.15, -0.1) is 0 Å². The van der Waals surface area contributed by atoms with Crippen LogP contribution < -0.4 is 0 Å². The fourth-order valence-electron chi connectivity index (χ4n) is 2.16. The summed E-state index contributed by atoms with van der Waals surface area (Å²) in [6.45, 7) is 2.25. The highest BCUT2D eigenvalue weighted by atomic mass is 16.5. The Bertz CT molecular complexity index is 279. The maximum atomic E-state index is 10.9. The molecule has 122 valence electrons. The van der Waals surface area contributed by atoms with E-state index in [0.717, 1.165) is 32.1 Å². The minimum Gasteiger partial charge on any atom is -0.469 e. The van der Waals surface area contributed by atoms with Gasteiger partial charge in [-0.1, -0.05) is 56.9 Å². The highest BCUT2D eigenvalue weighted by Gasteiger charge is 1.97. The number of hydrogen-bond donors (Lipinski definition) is 0. The summed E-state index contributed by atoms with van der Waals surface area (Å²) in [7, 11) is 1.45. The molecule has 0 aliphatic rings. The van der Waals surface area contributed by atoms with E-state index in [1.165, 1.54) is 45.6 Å². The third-order valence-corrected chi connectivity index (χ3v) is 3.54. The number of esters is 1. The first-order chi connectivity index (χ1) is 10.3. The number of methoxy groups -OCH3 is 1. The van der Waals surface area contributed by atoms with Gasteiger partial charge in [-0.2, -0.15) is 0 Å².